The summed E-state index contributed by atoms with van der Waals surface area (Å²) >= 11 is 0. The Labute approximate surface area is 201 Å². The second kappa shape index (κ2) is 9.16. The normalized spacial score (nSPS) is 30.8. The van der Waals surface area contributed by atoms with Gasteiger partial charge in [-0.05, 0) is 74.4 Å². The van der Waals surface area contributed by atoms with Crippen LogP contribution in [0.15, 0.2) is 42.6 Å². The zero-order chi connectivity index (χ0) is 24.6. The molecule has 3 amide bonds. The first-order valence-corrected chi connectivity index (χ1v) is 11.9. The highest BCUT2D eigenvalue weighted by atomic mass is 19.2. The van der Waals surface area contributed by atoms with Gasteiger partial charge in [-0.3, -0.25) is 4.98 Å². The number of hydrogen-bond acceptors (Lipinski definition) is 6. The summed E-state index contributed by atoms with van der Waals surface area (Å²) in [6.07, 6.45) is 3.88. The predicted molar refractivity (Wildman–Crippen MR) is 121 cm³/mol. The van der Waals surface area contributed by atoms with E-state index in [0.29, 0.717) is 50.9 Å². The van der Waals surface area contributed by atoms with Crippen molar-refractivity contribution in [3.8, 4) is 0 Å². The van der Waals surface area contributed by atoms with E-state index in [2.05, 4.69) is 15.6 Å². The maximum absolute atomic E-state index is 13.8. The van der Waals surface area contributed by atoms with E-state index in [0.717, 1.165) is 17.0 Å². The van der Waals surface area contributed by atoms with E-state index in [9.17, 15) is 23.5 Å². The third kappa shape index (κ3) is 4.36. The molecule has 10 heteroatoms. The quantitative estimate of drug-likeness (QED) is 0.612. The molecule has 5 rings (SSSR count). The topological polar surface area (TPSA) is 104 Å². The lowest BCUT2D eigenvalue weighted by atomic mass is 9.68. The van der Waals surface area contributed by atoms with Crippen molar-refractivity contribution in [2.75, 3.05) is 19.7 Å². The average Bonchev–Trinajstić information content (AvgIpc) is 3.49. The molecule has 3 N–H and O–H groups in total. The molecule has 2 aromatic rings. The van der Waals surface area contributed by atoms with E-state index in [1.54, 1.807) is 6.20 Å². The van der Waals surface area contributed by atoms with Gasteiger partial charge in [-0.15, -0.1) is 0 Å². The number of benzene rings is 1. The number of amides is 3. The molecule has 0 unspecified atom stereocenters. The van der Waals surface area contributed by atoms with Crippen molar-refractivity contribution < 1.29 is 28.2 Å². The maximum atomic E-state index is 13.8. The number of urea groups is 1. The number of pyridine rings is 1. The minimum Gasteiger partial charge on any atom is -0.446 e. The summed E-state index contributed by atoms with van der Waals surface area (Å²) in [5, 5.41) is 17.6. The second-order valence-electron chi connectivity index (χ2n) is 9.67. The fraction of sp³-hybridized carbons (Fsp3) is 0.480. The minimum absolute atomic E-state index is 0.0748. The number of carbonyl (C=O) groups is 2. The van der Waals surface area contributed by atoms with Gasteiger partial charge >= 0.3 is 12.1 Å². The molecule has 0 bridgehead atoms. The van der Waals surface area contributed by atoms with Crippen LogP contribution in [0.4, 0.5) is 18.4 Å². The molecule has 3 heterocycles. The number of hydrogen-bond donors (Lipinski definition) is 3. The SMILES string of the molecule is O=C(N[C@@]1(C2CCC(O)(c3ccccn3)CC2)CCNC1)N1C(=O)OC[C@@H]1c1ccc(F)c(F)c1. The zero-order valence-electron chi connectivity index (χ0n) is 19.2. The van der Waals surface area contributed by atoms with Crippen molar-refractivity contribution in [3.05, 3.63) is 65.5 Å². The fourth-order valence-electron chi connectivity index (χ4n) is 5.69. The second-order valence-corrected chi connectivity index (χ2v) is 9.67. The van der Waals surface area contributed by atoms with Crippen LogP contribution in [-0.2, 0) is 10.3 Å². The molecule has 1 saturated carbocycles. The van der Waals surface area contributed by atoms with Crippen LogP contribution >= 0.6 is 0 Å². The van der Waals surface area contributed by atoms with Crippen LogP contribution < -0.4 is 10.6 Å². The van der Waals surface area contributed by atoms with E-state index in [1.165, 1.54) is 6.07 Å². The van der Waals surface area contributed by atoms with Crippen LogP contribution in [0.1, 0.15) is 49.4 Å². The Bertz CT molecular complexity index is 1100. The summed E-state index contributed by atoms with van der Waals surface area (Å²) < 4.78 is 32.3. The number of ether oxygens (including phenoxy) is 1. The van der Waals surface area contributed by atoms with Gasteiger partial charge in [0.25, 0.3) is 0 Å². The molecule has 3 aliphatic rings. The van der Waals surface area contributed by atoms with Crippen LogP contribution in [0.25, 0.3) is 0 Å². The van der Waals surface area contributed by atoms with E-state index in [-0.39, 0.29) is 18.1 Å². The average molecular weight is 487 g/mol. The first kappa shape index (κ1) is 23.6. The molecule has 2 atom stereocenters. The number of aromatic nitrogens is 1. The third-order valence-corrected chi connectivity index (χ3v) is 7.70. The number of carbonyl (C=O) groups excluding carboxylic acids is 2. The Morgan fingerprint density at radius 1 is 1.17 bits per heavy atom. The number of cyclic esters (lactones) is 1. The molecule has 35 heavy (non-hydrogen) atoms. The van der Waals surface area contributed by atoms with Crippen LogP contribution in [0, 0.1) is 17.6 Å². The molecule has 1 aromatic heterocycles. The number of halogens is 2. The van der Waals surface area contributed by atoms with Crippen molar-refractivity contribution in [1.29, 1.82) is 0 Å². The summed E-state index contributed by atoms with van der Waals surface area (Å²) in [6.45, 7) is 1.10. The highest BCUT2D eigenvalue weighted by Crippen LogP contribution is 2.44. The molecule has 0 spiro atoms. The molecular weight excluding hydrogens is 458 g/mol. The van der Waals surface area contributed by atoms with Crippen LogP contribution in [-0.4, -0.2) is 52.4 Å². The summed E-state index contributed by atoms with van der Waals surface area (Å²) in [4.78, 5) is 31.1. The summed E-state index contributed by atoms with van der Waals surface area (Å²) in [5.41, 5.74) is -0.688. The standard InChI is InChI=1S/C25H28F2N4O4/c26-18-5-4-16(13-19(18)27)20-14-35-23(33)31(20)22(32)30-24(10-12-28-15-24)17-6-8-25(34,9-7-17)21-3-1-2-11-29-21/h1-5,11,13,17,20,28,34H,6-10,12,14-15H2,(H,30,32)/t17?,20-,24+,25?/m1/s1. The van der Waals surface area contributed by atoms with Gasteiger partial charge in [0.2, 0.25) is 0 Å². The number of aliphatic hydroxyl groups is 1. The molecule has 2 aliphatic heterocycles. The van der Waals surface area contributed by atoms with E-state index in [1.807, 2.05) is 18.2 Å². The van der Waals surface area contributed by atoms with E-state index in [4.69, 9.17) is 4.74 Å². The third-order valence-electron chi connectivity index (χ3n) is 7.70. The maximum Gasteiger partial charge on any atom is 0.418 e. The van der Waals surface area contributed by atoms with Gasteiger partial charge in [0.05, 0.1) is 11.2 Å². The van der Waals surface area contributed by atoms with Crippen LogP contribution in [0.2, 0.25) is 0 Å². The van der Waals surface area contributed by atoms with Gasteiger partial charge in [0, 0.05) is 12.7 Å². The smallest absolute Gasteiger partial charge is 0.418 e. The van der Waals surface area contributed by atoms with Crippen molar-refractivity contribution in [3.63, 3.8) is 0 Å². The van der Waals surface area contributed by atoms with Crippen molar-refractivity contribution in [2.24, 2.45) is 5.92 Å². The van der Waals surface area contributed by atoms with Crippen LogP contribution in [0.5, 0.6) is 0 Å². The first-order chi connectivity index (χ1) is 16.8. The summed E-state index contributed by atoms with van der Waals surface area (Å²) in [7, 11) is 0. The zero-order valence-corrected chi connectivity index (χ0v) is 19.2. The van der Waals surface area contributed by atoms with Gasteiger partial charge in [-0.25, -0.2) is 23.3 Å². The van der Waals surface area contributed by atoms with Crippen molar-refractivity contribution >= 4 is 12.1 Å². The van der Waals surface area contributed by atoms with Crippen molar-refractivity contribution in [2.45, 2.75) is 49.3 Å². The largest absolute Gasteiger partial charge is 0.446 e. The lowest BCUT2D eigenvalue weighted by Crippen LogP contribution is -2.60. The molecule has 2 saturated heterocycles. The molecule has 1 aromatic carbocycles. The van der Waals surface area contributed by atoms with Gasteiger partial charge in [0.1, 0.15) is 18.2 Å². The van der Waals surface area contributed by atoms with Gasteiger partial charge in [0.15, 0.2) is 11.6 Å². The lowest BCUT2D eigenvalue weighted by molar-refractivity contribution is -0.0298. The number of nitrogens with one attached hydrogen (secondary N) is 2. The summed E-state index contributed by atoms with van der Waals surface area (Å²) in [5.74, 6) is -1.99. The lowest BCUT2D eigenvalue weighted by Gasteiger charge is -2.44. The fourth-order valence-corrected chi connectivity index (χ4v) is 5.69. The Morgan fingerprint density at radius 3 is 2.63 bits per heavy atom. The molecule has 8 nitrogen and oxygen atoms in total. The Balaban J connectivity index is 1.33. The highest BCUT2D eigenvalue weighted by Gasteiger charge is 2.49. The summed E-state index contributed by atoms with van der Waals surface area (Å²) in [6, 6.07) is 7.30. The first-order valence-electron chi connectivity index (χ1n) is 11.9. The molecule has 186 valence electrons. The van der Waals surface area contributed by atoms with Crippen LogP contribution in [0.3, 0.4) is 0 Å². The Kier molecular flexibility index (Phi) is 6.18. The number of rotatable bonds is 4. The van der Waals surface area contributed by atoms with E-state index >= 15 is 0 Å². The minimum atomic E-state index is -1.05. The Morgan fingerprint density at radius 2 is 1.97 bits per heavy atom. The number of imide groups is 1. The highest BCUT2D eigenvalue weighted by molar-refractivity contribution is 5.93. The molecule has 3 fully saturated rings. The molecule has 1 aliphatic carbocycles. The monoisotopic (exact) mass is 486 g/mol. The van der Waals surface area contributed by atoms with Gasteiger partial charge < -0.3 is 20.5 Å². The molecule has 0 radical (unpaired) electrons. The predicted octanol–water partition coefficient (Wildman–Crippen LogP) is 3.37. The number of nitrogens with zero attached hydrogens (tertiary/aromatic N) is 2. The van der Waals surface area contributed by atoms with Gasteiger partial charge in [-0.2, -0.15) is 0 Å². The molecular formula is C25H28F2N4O4. The van der Waals surface area contributed by atoms with E-state index < -0.39 is 40.9 Å². The Hall–Kier alpha value is -3.11. The van der Waals surface area contributed by atoms with Crippen molar-refractivity contribution in [1.82, 2.24) is 20.5 Å². The van der Waals surface area contributed by atoms with Gasteiger partial charge in [-0.1, -0.05) is 12.1 Å².